The molecule has 5 nitrogen and oxygen atoms in total. The summed E-state index contributed by atoms with van der Waals surface area (Å²) in [6, 6.07) is 0.233. The first-order chi connectivity index (χ1) is 6.92. The van der Waals surface area contributed by atoms with Crippen LogP contribution in [0.3, 0.4) is 0 Å². The van der Waals surface area contributed by atoms with Crippen molar-refractivity contribution in [2.75, 3.05) is 19.1 Å². The summed E-state index contributed by atoms with van der Waals surface area (Å²) >= 11 is 0. The number of nitrogens with one attached hydrogen (secondary N) is 1. The Labute approximate surface area is 90.4 Å². The normalized spacial score (nSPS) is 14.1. The van der Waals surface area contributed by atoms with Gasteiger partial charge >= 0.3 is 0 Å². The molecule has 0 saturated carbocycles. The largest absolute Gasteiger partial charge is 0.313 e. The first-order valence-corrected chi connectivity index (χ1v) is 6.86. The summed E-state index contributed by atoms with van der Waals surface area (Å²) in [4.78, 5) is 0. The van der Waals surface area contributed by atoms with Crippen LogP contribution in [0.1, 0.15) is 18.5 Å². The van der Waals surface area contributed by atoms with Crippen LogP contribution in [-0.2, 0) is 16.4 Å². The fraction of sp³-hybridized carbons (Fsp3) is 0.667. The Morgan fingerprint density at radius 1 is 1.60 bits per heavy atom. The minimum atomic E-state index is -2.92. The summed E-state index contributed by atoms with van der Waals surface area (Å²) in [6.45, 7) is 2.44. The number of hydrogen-bond acceptors (Lipinski definition) is 4. The van der Waals surface area contributed by atoms with E-state index >= 15 is 0 Å². The standard InChI is InChI=1S/C9H17N3O2S/c1-8(10-2)9-6-11-12(7-9)4-5-15(3,13)14/h6-8,10H,4-5H2,1-3H3. The van der Waals surface area contributed by atoms with E-state index in [1.165, 1.54) is 6.26 Å². The number of sulfone groups is 1. The summed E-state index contributed by atoms with van der Waals surface area (Å²) < 4.78 is 23.6. The van der Waals surface area contributed by atoms with Gasteiger partial charge in [0, 0.05) is 24.1 Å². The molecule has 1 N–H and O–H groups in total. The number of nitrogens with zero attached hydrogens (tertiary/aromatic N) is 2. The molecule has 0 amide bonds. The third kappa shape index (κ3) is 4.01. The predicted molar refractivity (Wildman–Crippen MR) is 59.4 cm³/mol. The number of aromatic nitrogens is 2. The highest BCUT2D eigenvalue weighted by molar-refractivity contribution is 7.90. The third-order valence-electron chi connectivity index (χ3n) is 2.28. The summed E-state index contributed by atoms with van der Waals surface area (Å²) in [7, 11) is -1.04. The monoisotopic (exact) mass is 231 g/mol. The number of hydrogen-bond donors (Lipinski definition) is 1. The lowest BCUT2D eigenvalue weighted by atomic mass is 10.2. The second kappa shape index (κ2) is 4.76. The van der Waals surface area contributed by atoms with Crippen molar-refractivity contribution in [2.45, 2.75) is 19.5 Å². The first kappa shape index (κ1) is 12.2. The van der Waals surface area contributed by atoms with Crippen LogP contribution < -0.4 is 5.32 Å². The lowest BCUT2D eigenvalue weighted by molar-refractivity contribution is 0.585. The van der Waals surface area contributed by atoms with Gasteiger partial charge in [0.15, 0.2) is 0 Å². The van der Waals surface area contributed by atoms with Crippen molar-refractivity contribution in [3.8, 4) is 0 Å². The van der Waals surface area contributed by atoms with E-state index in [0.717, 1.165) is 5.56 Å². The van der Waals surface area contributed by atoms with Crippen molar-refractivity contribution in [1.82, 2.24) is 15.1 Å². The Balaban J connectivity index is 2.61. The van der Waals surface area contributed by atoms with Crippen LogP contribution in [0.4, 0.5) is 0 Å². The topological polar surface area (TPSA) is 64.0 Å². The van der Waals surface area contributed by atoms with Crippen LogP contribution in [-0.4, -0.2) is 37.3 Å². The molecule has 1 aromatic heterocycles. The predicted octanol–water partition coefficient (Wildman–Crippen LogP) is 0.208. The minimum absolute atomic E-state index is 0.127. The maximum atomic E-state index is 10.9. The zero-order chi connectivity index (χ0) is 11.5. The summed E-state index contributed by atoms with van der Waals surface area (Å²) in [5, 5.41) is 7.20. The lowest BCUT2D eigenvalue weighted by Crippen LogP contribution is -2.12. The van der Waals surface area contributed by atoms with E-state index in [1.54, 1.807) is 10.9 Å². The molecule has 1 atom stereocenters. The van der Waals surface area contributed by atoms with Gasteiger partial charge in [-0.1, -0.05) is 0 Å². The van der Waals surface area contributed by atoms with Crippen molar-refractivity contribution < 1.29 is 8.42 Å². The average molecular weight is 231 g/mol. The zero-order valence-electron chi connectivity index (χ0n) is 9.27. The summed E-state index contributed by atoms with van der Waals surface area (Å²) in [5.74, 6) is 0.127. The van der Waals surface area contributed by atoms with Gasteiger partial charge in [-0.25, -0.2) is 8.42 Å². The quantitative estimate of drug-likeness (QED) is 0.786. The zero-order valence-corrected chi connectivity index (χ0v) is 10.1. The smallest absolute Gasteiger partial charge is 0.149 e. The van der Waals surface area contributed by atoms with Crippen molar-refractivity contribution in [1.29, 1.82) is 0 Å². The molecule has 0 aliphatic heterocycles. The Morgan fingerprint density at radius 3 is 2.80 bits per heavy atom. The van der Waals surface area contributed by atoms with Gasteiger partial charge in [0.2, 0.25) is 0 Å². The molecule has 6 heteroatoms. The molecular weight excluding hydrogens is 214 g/mol. The Kier molecular flexibility index (Phi) is 3.87. The van der Waals surface area contributed by atoms with E-state index in [9.17, 15) is 8.42 Å². The van der Waals surface area contributed by atoms with E-state index < -0.39 is 9.84 Å². The van der Waals surface area contributed by atoms with Gasteiger partial charge in [-0.05, 0) is 14.0 Å². The highest BCUT2D eigenvalue weighted by Crippen LogP contribution is 2.09. The third-order valence-corrected chi connectivity index (χ3v) is 3.20. The first-order valence-electron chi connectivity index (χ1n) is 4.79. The molecule has 0 spiro atoms. The van der Waals surface area contributed by atoms with Gasteiger partial charge in [-0.3, -0.25) is 4.68 Å². The molecule has 1 heterocycles. The molecule has 0 saturated heterocycles. The van der Waals surface area contributed by atoms with Crippen molar-refractivity contribution >= 4 is 9.84 Å². The van der Waals surface area contributed by atoms with Gasteiger partial charge in [-0.15, -0.1) is 0 Å². The number of rotatable bonds is 5. The second-order valence-corrected chi connectivity index (χ2v) is 5.94. The Morgan fingerprint density at radius 2 is 2.27 bits per heavy atom. The molecule has 0 fully saturated rings. The second-order valence-electron chi connectivity index (χ2n) is 3.68. The number of aryl methyl sites for hydroxylation is 1. The molecule has 15 heavy (non-hydrogen) atoms. The van der Waals surface area contributed by atoms with Crippen LogP contribution in [0.15, 0.2) is 12.4 Å². The van der Waals surface area contributed by atoms with Gasteiger partial charge in [0.25, 0.3) is 0 Å². The van der Waals surface area contributed by atoms with E-state index in [-0.39, 0.29) is 11.8 Å². The maximum absolute atomic E-state index is 10.9. The van der Waals surface area contributed by atoms with Gasteiger partial charge in [0.1, 0.15) is 9.84 Å². The van der Waals surface area contributed by atoms with E-state index in [4.69, 9.17) is 0 Å². The van der Waals surface area contributed by atoms with Gasteiger partial charge in [-0.2, -0.15) is 5.10 Å². The van der Waals surface area contributed by atoms with Gasteiger partial charge in [0.05, 0.1) is 18.5 Å². The maximum Gasteiger partial charge on any atom is 0.149 e. The lowest BCUT2D eigenvalue weighted by Gasteiger charge is -2.05. The molecular formula is C9H17N3O2S. The molecule has 1 unspecified atom stereocenters. The fourth-order valence-electron chi connectivity index (χ4n) is 1.15. The SMILES string of the molecule is CNC(C)c1cnn(CCS(C)(=O)=O)c1. The molecule has 0 bridgehead atoms. The highest BCUT2D eigenvalue weighted by atomic mass is 32.2. The van der Waals surface area contributed by atoms with Crippen LogP contribution in [0.2, 0.25) is 0 Å². The molecule has 1 rings (SSSR count). The van der Waals surface area contributed by atoms with Crippen molar-refractivity contribution in [2.24, 2.45) is 0 Å². The molecule has 86 valence electrons. The highest BCUT2D eigenvalue weighted by Gasteiger charge is 2.07. The van der Waals surface area contributed by atoms with E-state index in [0.29, 0.717) is 6.54 Å². The summed E-state index contributed by atoms with van der Waals surface area (Å²) in [5.41, 5.74) is 1.06. The minimum Gasteiger partial charge on any atom is -0.313 e. The van der Waals surface area contributed by atoms with E-state index in [2.05, 4.69) is 10.4 Å². The van der Waals surface area contributed by atoms with Crippen molar-refractivity contribution in [3.05, 3.63) is 18.0 Å². The van der Waals surface area contributed by atoms with Gasteiger partial charge < -0.3 is 5.32 Å². The molecule has 0 aromatic carbocycles. The van der Waals surface area contributed by atoms with Crippen molar-refractivity contribution in [3.63, 3.8) is 0 Å². The summed E-state index contributed by atoms with van der Waals surface area (Å²) in [6.07, 6.45) is 4.85. The van der Waals surface area contributed by atoms with Crippen LogP contribution >= 0.6 is 0 Å². The van der Waals surface area contributed by atoms with Crippen LogP contribution in [0.5, 0.6) is 0 Å². The fourth-order valence-corrected chi connectivity index (χ4v) is 1.67. The molecule has 0 radical (unpaired) electrons. The van der Waals surface area contributed by atoms with E-state index in [1.807, 2.05) is 20.2 Å². The van der Waals surface area contributed by atoms with Crippen LogP contribution in [0.25, 0.3) is 0 Å². The van der Waals surface area contributed by atoms with Crippen LogP contribution in [0, 0.1) is 0 Å². The Hall–Kier alpha value is -0.880. The molecule has 0 aliphatic rings. The molecule has 0 aliphatic carbocycles. The average Bonchev–Trinajstić information content (AvgIpc) is 2.61. The Bertz CT molecular complexity index is 411. The molecule has 1 aromatic rings.